The predicted octanol–water partition coefficient (Wildman–Crippen LogP) is 0.693. The summed E-state index contributed by atoms with van der Waals surface area (Å²) < 4.78 is 5.59. The zero-order chi connectivity index (χ0) is 13.9. The van der Waals surface area contributed by atoms with E-state index in [2.05, 4.69) is 5.32 Å². The molecule has 2 atom stereocenters. The van der Waals surface area contributed by atoms with E-state index in [0.29, 0.717) is 19.7 Å². The van der Waals surface area contributed by atoms with Crippen molar-refractivity contribution in [1.82, 2.24) is 10.2 Å². The number of nitrogens with zero attached hydrogens (tertiary/aromatic N) is 1. The number of para-hydroxylation sites is 1. The number of hydrogen-bond acceptors (Lipinski definition) is 4. The number of aliphatic hydroxyl groups is 1. The molecule has 1 unspecified atom stereocenters. The number of carbonyl (C=O) groups is 1. The minimum atomic E-state index is -0.286. The summed E-state index contributed by atoms with van der Waals surface area (Å²) in [5.41, 5.74) is 1.05. The van der Waals surface area contributed by atoms with E-state index >= 15 is 0 Å². The van der Waals surface area contributed by atoms with Gasteiger partial charge in [-0.1, -0.05) is 18.2 Å². The molecule has 108 valence electrons. The van der Waals surface area contributed by atoms with E-state index in [0.717, 1.165) is 30.7 Å². The van der Waals surface area contributed by atoms with Gasteiger partial charge in [0, 0.05) is 25.1 Å². The van der Waals surface area contributed by atoms with Gasteiger partial charge in [0.15, 0.2) is 0 Å². The van der Waals surface area contributed by atoms with Crippen molar-refractivity contribution in [2.75, 3.05) is 26.2 Å². The Balaban J connectivity index is 1.59. The molecule has 2 heterocycles. The van der Waals surface area contributed by atoms with Crippen molar-refractivity contribution in [3.63, 3.8) is 0 Å². The number of amides is 1. The summed E-state index contributed by atoms with van der Waals surface area (Å²) in [7, 11) is 0. The Morgan fingerprint density at radius 2 is 2.25 bits per heavy atom. The summed E-state index contributed by atoms with van der Waals surface area (Å²) >= 11 is 0. The number of nitrogens with one attached hydrogen (secondary N) is 1. The first kappa shape index (κ1) is 13.4. The molecule has 2 aliphatic rings. The number of rotatable bonds is 3. The second kappa shape index (κ2) is 5.81. The van der Waals surface area contributed by atoms with Crippen LogP contribution < -0.4 is 10.1 Å². The average Bonchev–Trinajstić information content (AvgIpc) is 2.84. The highest BCUT2D eigenvalue weighted by atomic mass is 16.5. The van der Waals surface area contributed by atoms with Gasteiger partial charge in [-0.2, -0.15) is 0 Å². The Kier molecular flexibility index (Phi) is 3.89. The Hall–Kier alpha value is -1.59. The first-order chi connectivity index (χ1) is 9.72. The maximum absolute atomic E-state index is 12.1. The fourth-order valence-electron chi connectivity index (χ4n) is 2.89. The first-order valence-electron chi connectivity index (χ1n) is 7.14. The molecule has 1 aromatic carbocycles. The van der Waals surface area contributed by atoms with Crippen LogP contribution in [-0.2, 0) is 4.79 Å². The second-order valence-corrected chi connectivity index (χ2v) is 5.47. The quantitative estimate of drug-likeness (QED) is 0.853. The van der Waals surface area contributed by atoms with Crippen LogP contribution in [0, 0.1) is 0 Å². The lowest BCUT2D eigenvalue weighted by Crippen LogP contribution is -2.39. The summed E-state index contributed by atoms with van der Waals surface area (Å²) in [4.78, 5) is 14.1. The number of likely N-dealkylation sites (tertiary alicyclic amines) is 1. The van der Waals surface area contributed by atoms with Crippen LogP contribution in [0.1, 0.15) is 24.4 Å². The van der Waals surface area contributed by atoms with Crippen LogP contribution in [0.4, 0.5) is 0 Å². The third kappa shape index (κ3) is 2.94. The number of aliphatic hydroxyl groups excluding tert-OH is 1. The van der Waals surface area contributed by atoms with E-state index in [1.807, 2.05) is 29.2 Å². The van der Waals surface area contributed by atoms with Gasteiger partial charge in [0.1, 0.15) is 5.75 Å². The summed E-state index contributed by atoms with van der Waals surface area (Å²) in [5.74, 6) is 0.876. The normalized spacial score (nSPS) is 25.9. The van der Waals surface area contributed by atoms with Crippen molar-refractivity contribution in [3.8, 4) is 5.75 Å². The van der Waals surface area contributed by atoms with Gasteiger partial charge in [-0.05, 0) is 12.5 Å². The van der Waals surface area contributed by atoms with Gasteiger partial charge in [-0.25, -0.2) is 0 Å². The summed E-state index contributed by atoms with van der Waals surface area (Å²) in [5, 5.41) is 12.5. The maximum Gasteiger partial charge on any atom is 0.234 e. The van der Waals surface area contributed by atoms with E-state index in [1.54, 1.807) is 0 Å². The van der Waals surface area contributed by atoms with Gasteiger partial charge in [-0.15, -0.1) is 0 Å². The second-order valence-electron chi connectivity index (χ2n) is 5.47. The number of fused-ring (bicyclic) bond motifs is 1. The van der Waals surface area contributed by atoms with Gasteiger partial charge in [0.2, 0.25) is 5.91 Å². The average molecular weight is 276 g/mol. The van der Waals surface area contributed by atoms with Gasteiger partial charge in [-0.3, -0.25) is 9.69 Å². The van der Waals surface area contributed by atoms with Crippen LogP contribution in [0.25, 0.3) is 0 Å². The van der Waals surface area contributed by atoms with E-state index < -0.39 is 0 Å². The van der Waals surface area contributed by atoms with Crippen molar-refractivity contribution in [1.29, 1.82) is 0 Å². The molecule has 0 radical (unpaired) electrons. The van der Waals surface area contributed by atoms with Crippen molar-refractivity contribution >= 4 is 5.91 Å². The van der Waals surface area contributed by atoms with Crippen LogP contribution in [0.2, 0.25) is 0 Å². The summed E-state index contributed by atoms with van der Waals surface area (Å²) in [6, 6.07) is 7.86. The molecule has 1 saturated heterocycles. The Labute approximate surface area is 118 Å². The fraction of sp³-hybridized carbons (Fsp3) is 0.533. The van der Waals surface area contributed by atoms with Crippen molar-refractivity contribution in [2.24, 2.45) is 0 Å². The number of β-amino-alcohol motifs (C(OH)–C–C–N with tert-alkyl or cyclic N) is 1. The fourth-order valence-corrected chi connectivity index (χ4v) is 2.89. The largest absolute Gasteiger partial charge is 0.493 e. The number of hydrogen-bond donors (Lipinski definition) is 2. The zero-order valence-electron chi connectivity index (χ0n) is 11.4. The predicted molar refractivity (Wildman–Crippen MR) is 74.5 cm³/mol. The number of benzene rings is 1. The molecule has 0 aliphatic carbocycles. The van der Waals surface area contributed by atoms with Gasteiger partial charge >= 0.3 is 0 Å². The third-order valence-corrected chi connectivity index (χ3v) is 3.91. The summed E-state index contributed by atoms with van der Waals surface area (Å²) in [6.07, 6.45) is 1.27. The monoisotopic (exact) mass is 276 g/mol. The van der Waals surface area contributed by atoms with Crippen molar-refractivity contribution in [2.45, 2.75) is 25.0 Å². The van der Waals surface area contributed by atoms with E-state index in [4.69, 9.17) is 4.74 Å². The van der Waals surface area contributed by atoms with E-state index in [9.17, 15) is 9.90 Å². The topological polar surface area (TPSA) is 61.8 Å². The lowest BCUT2D eigenvalue weighted by Gasteiger charge is -2.27. The SMILES string of the molecule is O=C(CN1CC[C@H](O)C1)NC1CCOc2ccccc21. The van der Waals surface area contributed by atoms with Crippen LogP contribution >= 0.6 is 0 Å². The molecule has 1 aromatic rings. The first-order valence-corrected chi connectivity index (χ1v) is 7.14. The highest BCUT2D eigenvalue weighted by Gasteiger charge is 2.25. The smallest absolute Gasteiger partial charge is 0.234 e. The maximum atomic E-state index is 12.1. The standard InChI is InChI=1S/C15H20N2O3/c18-11-5-7-17(9-11)10-15(19)16-13-6-8-20-14-4-2-1-3-12(13)14/h1-4,11,13,18H,5-10H2,(H,16,19)/t11-,13?/m0/s1. The molecule has 1 amide bonds. The molecule has 5 heteroatoms. The van der Waals surface area contributed by atoms with Gasteiger partial charge < -0.3 is 15.2 Å². The zero-order valence-corrected chi connectivity index (χ0v) is 11.4. The molecule has 2 N–H and O–H groups in total. The molecular weight excluding hydrogens is 256 g/mol. The van der Waals surface area contributed by atoms with Crippen LogP contribution in [-0.4, -0.2) is 48.3 Å². The highest BCUT2D eigenvalue weighted by Crippen LogP contribution is 2.31. The highest BCUT2D eigenvalue weighted by molar-refractivity contribution is 5.78. The summed E-state index contributed by atoms with van der Waals surface area (Å²) in [6.45, 7) is 2.37. The van der Waals surface area contributed by atoms with Crippen molar-refractivity contribution < 1.29 is 14.6 Å². The van der Waals surface area contributed by atoms with Gasteiger partial charge in [0.25, 0.3) is 0 Å². The minimum absolute atomic E-state index is 0.0146. The van der Waals surface area contributed by atoms with E-state index in [-0.39, 0.29) is 18.1 Å². The minimum Gasteiger partial charge on any atom is -0.493 e. The molecule has 0 bridgehead atoms. The van der Waals surface area contributed by atoms with Crippen molar-refractivity contribution in [3.05, 3.63) is 29.8 Å². The Morgan fingerprint density at radius 3 is 3.05 bits per heavy atom. The Bertz CT molecular complexity index is 492. The number of carbonyl (C=O) groups excluding carboxylic acids is 1. The lowest BCUT2D eigenvalue weighted by atomic mass is 10.0. The number of ether oxygens (including phenoxy) is 1. The molecule has 20 heavy (non-hydrogen) atoms. The molecule has 0 spiro atoms. The van der Waals surface area contributed by atoms with E-state index in [1.165, 1.54) is 0 Å². The molecule has 2 aliphatic heterocycles. The van der Waals surface area contributed by atoms with Crippen LogP contribution in [0.3, 0.4) is 0 Å². The molecule has 1 fully saturated rings. The van der Waals surface area contributed by atoms with Crippen LogP contribution in [0.5, 0.6) is 5.75 Å². The lowest BCUT2D eigenvalue weighted by molar-refractivity contribution is -0.123. The van der Waals surface area contributed by atoms with Crippen LogP contribution in [0.15, 0.2) is 24.3 Å². The molecule has 0 saturated carbocycles. The Morgan fingerprint density at radius 1 is 1.40 bits per heavy atom. The third-order valence-electron chi connectivity index (χ3n) is 3.91. The molecular formula is C15H20N2O3. The molecule has 0 aromatic heterocycles. The molecule has 5 nitrogen and oxygen atoms in total. The molecule has 3 rings (SSSR count). The van der Waals surface area contributed by atoms with Gasteiger partial charge in [0.05, 0.1) is 25.3 Å².